The van der Waals surface area contributed by atoms with Gasteiger partial charge >= 0.3 is 17.8 Å². The van der Waals surface area contributed by atoms with Crippen LogP contribution in [0.15, 0.2) is 23.0 Å². The van der Waals surface area contributed by atoms with E-state index in [0.717, 1.165) is 0 Å². The van der Waals surface area contributed by atoms with Crippen LogP contribution in [0.5, 0.6) is 0 Å². The van der Waals surface area contributed by atoms with Crippen molar-refractivity contribution < 1.29 is 19.4 Å². The highest BCUT2D eigenvalue weighted by Crippen LogP contribution is 2.13. The lowest BCUT2D eigenvalue weighted by atomic mass is 10.2. The summed E-state index contributed by atoms with van der Waals surface area (Å²) in [5.41, 5.74) is 0.342. The number of fused-ring (bicyclic) bond motifs is 1. The summed E-state index contributed by atoms with van der Waals surface area (Å²) in [6.07, 6.45) is 0.0344. The van der Waals surface area contributed by atoms with Crippen LogP contribution < -0.4 is 11.0 Å². The summed E-state index contributed by atoms with van der Waals surface area (Å²) >= 11 is 0. The minimum Gasteiger partial charge on any atom is -0.478 e. The van der Waals surface area contributed by atoms with Crippen molar-refractivity contribution in [1.29, 1.82) is 0 Å². The van der Waals surface area contributed by atoms with Crippen LogP contribution in [-0.4, -0.2) is 38.9 Å². The number of aromatic carboxylic acids is 1. The Balaban J connectivity index is 1.98. The number of amides is 1. The largest absolute Gasteiger partial charge is 0.478 e. The minimum atomic E-state index is -1.05. The summed E-state index contributed by atoms with van der Waals surface area (Å²) in [7, 11) is 0. The first-order valence-corrected chi connectivity index (χ1v) is 7.60. The van der Waals surface area contributed by atoms with Gasteiger partial charge in [0, 0.05) is 13.1 Å². The van der Waals surface area contributed by atoms with E-state index in [2.05, 4.69) is 10.3 Å². The maximum atomic E-state index is 12.0. The van der Waals surface area contributed by atoms with Crippen molar-refractivity contribution in [1.82, 2.24) is 14.9 Å². The number of alkyl carbamates (subject to hydrolysis) is 1. The van der Waals surface area contributed by atoms with Crippen molar-refractivity contribution in [2.45, 2.75) is 39.3 Å². The van der Waals surface area contributed by atoms with Gasteiger partial charge in [-0.1, -0.05) is 0 Å². The lowest BCUT2D eigenvalue weighted by Crippen LogP contribution is -2.33. The third-order valence-corrected chi connectivity index (χ3v) is 3.25. The van der Waals surface area contributed by atoms with Gasteiger partial charge < -0.3 is 20.1 Å². The number of imidazole rings is 1. The average molecular weight is 335 g/mol. The van der Waals surface area contributed by atoms with E-state index in [4.69, 9.17) is 9.84 Å². The summed E-state index contributed by atoms with van der Waals surface area (Å²) in [5, 5.41) is 11.6. The highest BCUT2D eigenvalue weighted by atomic mass is 16.6. The quantitative estimate of drug-likeness (QED) is 0.723. The van der Waals surface area contributed by atoms with Gasteiger partial charge in [0.1, 0.15) is 5.60 Å². The van der Waals surface area contributed by atoms with Gasteiger partial charge in [0.2, 0.25) is 0 Å². The lowest BCUT2D eigenvalue weighted by Gasteiger charge is -2.19. The van der Waals surface area contributed by atoms with Crippen molar-refractivity contribution in [3.8, 4) is 0 Å². The topological polar surface area (TPSA) is 113 Å². The number of nitrogens with zero attached hydrogens (tertiary/aromatic N) is 1. The van der Waals surface area contributed by atoms with Crippen LogP contribution in [0, 0.1) is 0 Å². The van der Waals surface area contributed by atoms with Gasteiger partial charge in [-0.25, -0.2) is 14.4 Å². The predicted octanol–water partition coefficient (Wildman–Crippen LogP) is 1.94. The van der Waals surface area contributed by atoms with E-state index < -0.39 is 17.7 Å². The molecule has 0 fully saturated rings. The van der Waals surface area contributed by atoms with Crippen molar-refractivity contribution >= 4 is 23.1 Å². The summed E-state index contributed by atoms with van der Waals surface area (Å²) in [6.45, 7) is 6.10. The normalized spacial score (nSPS) is 11.5. The summed E-state index contributed by atoms with van der Waals surface area (Å²) < 4.78 is 6.64. The van der Waals surface area contributed by atoms with Crippen molar-refractivity contribution in [3.05, 3.63) is 34.2 Å². The maximum absolute atomic E-state index is 12.0. The Hall–Kier alpha value is -2.77. The maximum Gasteiger partial charge on any atom is 0.407 e. The molecule has 1 amide bonds. The number of ether oxygens (including phenoxy) is 1. The van der Waals surface area contributed by atoms with Crippen LogP contribution in [-0.2, 0) is 11.3 Å². The van der Waals surface area contributed by atoms with Gasteiger partial charge in [-0.15, -0.1) is 0 Å². The molecule has 2 rings (SSSR count). The van der Waals surface area contributed by atoms with Crippen LogP contribution >= 0.6 is 0 Å². The van der Waals surface area contributed by atoms with Gasteiger partial charge in [-0.3, -0.25) is 4.57 Å². The molecule has 0 aliphatic rings. The van der Waals surface area contributed by atoms with E-state index in [1.165, 1.54) is 16.7 Å². The molecule has 0 radical (unpaired) electrons. The second-order valence-electron chi connectivity index (χ2n) is 6.40. The van der Waals surface area contributed by atoms with E-state index in [9.17, 15) is 14.4 Å². The molecule has 0 unspecified atom stereocenters. The van der Waals surface area contributed by atoms with E-state index in [0.29, 0.717) is 30.5 Å². The number of carboxylic acids is 1. The number of nitrogens with one attached hydrogen (secondary N) is 2. The molecule has 130 valence electrons. The average Bonchev–Trinajstić information content (AvgIpc) is 2.76. The fourth-order valence-corrected chi connectivity index (χ4v) is 2.26. The van der Waals surface area contributed by atoms with Crippen LogP contribution in [0.3, 0.4) is 0 Å². The van der Waals surface area contributed by atoms with Crippen LogP contribution in [0.25, 0.3) is 11.0 Å². The second-order valence-corrected chi connectivity index (χ2v) is 6.40. The Kier molecular flexibility index (Phi) is 4.96. The molecule has 0 spiro atoms. The first kappa shape index (κ1) is 17.6. The highest BCUT2D eigenvalue weighted by Gasteiger charge is 2.15. The van der Waals surface area contributed by atoms with E-state index in [1.807, 2.05) is 0 Å². The summed E-state index contributed by atoms with van der Waals surface area (Å²) in [6, 6.07) is 4.47. The first-order chi connectivity index (χ1) is 11.2. The zero-order chi connectivity index (χ0) is 17.9. The molecule has 0 saturated carbocycles. The summed E-state index contributed by atoms with van der Waals surface area (Å²) in [4.78, 5) is 37.1. The molecular weight excluding hydrogens is 314 g/mol. The molecule has 1 heterocycles. The van der Waals surface area contributed by atoms with E-state index in [-0.39, 0.29) is 11.3 Å². The molecule has 0 aliphatic heterocycles. The first-order valence-electron chi connectivity index (χ1n) is 7.60. The number of aromatic amines is 1. The van der Waals surface area contributed by atoms with Gasteiger partial charge in [0.25, 0.3) is 0 Å². The van der Waals surface area contributed by atoms with Crippen LogP contribution in [0.1, 0.15) is 37.6 Å². The van der Waals surface area contributed by atoms with Gasteiger partial charge in [0.15, 0.2) is 0 Å². The standard InChI is InChI=1S/C16H21N3O5/c1-16(2,3)24-15(23)17-7-4-8-19-12-6-5-10(13(20)21)9-11(12)18-14(19)22/h5-6,9H,4,7-8H2,1-3H3,(H,17,23)(H,18,22)(H,20,21). The minimum absolute atomic E-state index is 0.113. The number of H-pyrrole nitrogens is 1. The molecule has 0 bridgehead atoms. The van der Waals surface area contributed by atoms with Gasteiger partial charge in [-0.05, 0) is 45.4 Å². The number of hydrogen-bond donors (Lipinski definition) is 3. The number of rotatable bonds is 5. The third kappa shape index (κ3) is 4.37. The molecule has 1 aromatic carbocycles. The third-order valence-electron chi connectivity index (χ3n) is 3.25. The Morgan fingerprint density at radius 2 is 2.04 bits per heavy atom. The van der Waals surface area contributed by atoms with E-state index in [1.54, 1.807) is 26.8 Å². The molecule has 1 aromatic heterocycles. The van der Waals surface area contributed by atoms with Crippen LogP contribution in [0.4, 0.5) is 4.79 Å². The van der Waals surface area contributed by atoms with Crippen molar-refractivity contribution in [3.63, 3.8) is 0 Å². The number of carboxylic acid groups (broad SMARTS) is 1. The molecule has 8 heteroatoms. The number of carbonyl (C=O) groups is 2. The molecule has 0 atom stereocenters. The SMILES string of the molecule is CC(C)(C)OC(=O)NCCCn1c(=O)[nH]c2cc(C(=O)O)ccc21. The van der Waals surface area contributed by atoms with Crippen molar-refractivity contribution in [2.24, 2.45) is 0 Å². The molecule has 0 aliphatic carbocycles. The van der Waals surface area contributed by atoms with Crippen molar-refractivity contribution in [2.75, 3.05) is 6.54 Å². The van der Waals surface area contributed by atoms with E-state index >= 15 is 0 Å². The zero-order valence-electron chi connectivity index (χ0n) is 13.9. The molecule has 2 aromatic rings. The Bertz CT molecular complexity index is 813. The Morgan fingerprint density at radius 3 is 2.67 bits per heavy atom. The molecule has 8 nitrogen and oxygen atoms in total. The lowest BCUT2D eigenvalue weighted by molar-refractivity contribution is 0.0526. The van der Waals surface area contributed by atoms with Gasteiger partial charge in [-0.2, -0.15) is 0 Å². The number of aryl methyl sites for hydroxylation is 1. The Morgan fingerprint density at radius 1 is 1.33 bits per heavy atom. The highest BCUT2D eigenvalue weighted by molar-refractivity contribution is 5.92. The fraction of sp³-hybridized carbons (Fsp3) is 0.438. The Labute approximate surface area is 138 Å². The zero-order valence-corrected chi connectivity index (χ0v) is 13.9. The fourth-order valence-electron chi connectivity index (χ4n) is 2.26. The molecule has 3 N–H and O–H groups in total. The second kappa shape index (κ2) is 6.77. The number of hydrogen-bond acceptors (Lipinski definition) is 4. The summed E-state index contributed by atoms with van der Waals surface area (Å²) in [5.74, 6) is -1.05. The smallest absolute Gasteiger partial charge is 0.407 e. The molecular formula is C16H21N3O5. The predicted molar refractivity (Wildman–Crippen MR) is 88.4 cm³/mol. The van der Waals surface area contributed by atoms with Gasteiger partial charge in [0.05, 0.1) is 16.6 Å². The number of benzene rings is 1. The number of aromatic nitrogens is 2. The monoisotopic (exact) mass is 335 g/mol. The molecule has 0 saturated heterocycles. The number of carbonyl (C=O) groups excluding carboxylic acids is 1. The molecule has 24 heavy (non-hydrogen) atoms. The van der Waals surface area contributed by atoms with Crippen LogP contribution in [0.2, 0.25) is 0 Å².